The van der Waals surface area contributed by atoms with Crippen molar-refractivity contribution in [2.24, 2.45) is 0 Å². The molecule has 0 spiro atoms. The van der Waals surface area contributed by atoms with Gasteiger partial charge in [0.05, 0.1) is 11.4 Å². The molecule has 0 atom stereocenters. The zero-order chi connectivity index (χ0) is 31.4. The Balaban J connectivity index is 1.37. The fourth-order valence-corrected chi connectivity index (χ4v) is 6.04. The van der Waals surface area contributed by atoms with Gasteiger partial charge in [-0.25, -0.2) is 4.98 Å². The highest BCUT2D eigenvalue weighted by Gasteiger charge is 2.23. The predicted octanol–water partition coefficient (Wildman–Crippen LogP) is 12.1. The summed E-state index contributed by atoms with van der Waals surface area (Å²) in [5.74, 6) is 0.582. The number of anilines is 6. The Morgan fingerprint density at radius 3 is 1.32 bits per heavy atom. The first kappa shape index (κ1) is 28.1. The Labute approximate surface area is 274 Å². The molecule has 224 valence electrons. The molecule has 1 aromatic heterocycles. The number of nitrogens with zero attached hydrogens (tertiary/aromatic N) is 3. The smallest absolute Gasteiger partial charge is 0.227 e. The van der Waals surface area contributed by atoms with Crippen molar-refractivity contribution in [3.8, 4) is 22.6 Å². The van der Waals surface area contributed by atoms with Crippen LogP contribution in [0.15, 0.2) is 192 Å². The van der Waals surface area contributed by atoms with Gasteiger partial charge in [0.15, 0.2) is 5.58 Å². The lowest BCUT2D eigenvalue weighted by Gasteiger charge is -2.29. The molecule has 0 aliphatic carbocycles. The molecule has 0 saturated carbocycles. The summed E-state index contributed by atoms with van der Waals surface area (Å²) in [6.07, 6.45) is 0. The van der Waals surface area contributed by atoms with Gasteiger partial charge < -0.3 is 14.2 Å². The number of fused-ring (bicyclic) bond motifs is 1. The van der Waals surface area contributed by atoms with E-state index in [1.54, 1.807) is 0 Å². The number of hydrogen-bond donors (Lipinski definition) is 0. The zero-order valence-electron chi connectivity index (χ0n) is 25.6. The molecule has 0 aliphatic heterocycles. The summed E-state index contributed by atoms with van der Waals surface area (Å²) >= 11 is 0. The normalized spacial score (nSPS) is 11.0. The summed E-state index contributed by atoms with van der Waals surface area (Å²) in [5, 5.41) is 0. The second kappa shape index (κ2) is 12.5. The number of benzene rings is 7. The second-order valence-corrected chi connectivity index (χ2v) is 11.3. The van der Waals surface area contributed by atoms with E-state index in [2.05, 4.69) is 143 Å². The minimum absolute atomic E-state index is 0.582. The van der Waals surface area contributed by atoms with Gasteiger partial charge in [0.25, 0.3) is 0 Å². The van der Waals surface area contributed by atoms with Gasteiger partial charge in [-0.05, 0) is 77.9 Å². The van der Waals surface area contributed by atoms with Crippen molar-refractivity contribution in [2.75, 3.05) is 9.80 Å². The van der Waals surface area contributed by atoms with Crippen molar-refractivity contribution in [1.82, 2.24) is 4.98 Å². The Kier molecular flexibility index (Phi) is 7.50. The lowest BCUT2D eigenvalue weighted by atomic mass is 10.0. The van der Waals surface area contributed by atoms with E-state index in [1.807, 2.05) is 54.6 Å². The van der Waals surface area contributed by atoms with Gasteiger partial charge in [0, 0.05) is 34.4 Å². The average molecular weight is 606 g/mol. The van der Waals surface area contributed by atoms with E-state index >= 15 is 0 Å². The van der Waals surface area contributed by atoms with E-state index in [4.69, 9.17) is 9.40 Å². The molecule has 4 heteroatoms. The first-order chi connectivity index (χ1) is 23.3. The molecule has 0 fully saturated rings. The molecule has 0 saturated heterocycles. The molecule has 0 bridgehead atoms. The van der Waals surface area contributed by atoms with Crippen LogP contribution >= 0.6 is 0 Å². The van der Waals surface area contributed by atoms with Gasteiger partial charge in [-0.1, -0.05) is 115 Å². The van der Waals surface area contributed by atoms with Gasteiger partial charge in [0.2, 0.25) is 5.89 Å². The molecule has 1 heterocycles. The zero-order valence-corrected chi connectivity index (χ0v) is 25.6. The highest BCUT2D eigenvalue weighted by Crippen LogP contribution is 2.45. The van der Waals surface area contributed by atoms with Crippen LogP contribution in [0.25, 0.3) is 33.7 Å². The van der Waals surface area contributed by atoms with E-state index in [9.17, 15) is 0 Å². The molecule has 7 aromatic carbocycles. The van der Waals surface area contributed by atoms with Crippen LogP contribution in [0, 0.1) is 0 Å². The number of para-hydroxylation sites is 3. The third kappa shape index (κ3) is 5.65. The molecule has 0 unspecified atom stereocenters. The minimum atomic E-state index is 0.582. The molecule has 8 rings (SSSR count). The largest absolute Gasteiger partial charge is 0.436 e. The fraction of sp³-hybridized carbons (Fsp3) is 0. The number of aromatic nitrogens is 1. The standard InChI is InChI=1S/C43H31N3O/c1-6-16-32(17-7-1)33-26-28-38(29-27-33)45(35-20-10-3-11-21-35)39-30-40(42-41(31-39)47-43(44-42)34-18-8-2-9-19-34)46(36-22-12-4-13-23-36)37-24-14-5-15-25-37/h1-31H. The lowest BCUT2D eigenvalue weighted by Crippen LogP contribution is -2.13. The highest BCUT2D eigenvalue weighted by atomic mass is 16.3. The number of hydrogen-bond acceptors (Lipinski definition) is 4. The predicted molar refractivity (Wildman–Crippen MR) is 194 cm³/mol. The molecule has 0 radical (unpaired) electrons. The Morgan fingerprint density at radius 2 is 0.787 bits per heavy atom. The number of rotatable bonds is 8. The van der Waals surface area contributed by atoms with Crippen LogP contribution in [-0.2, 0) is 0 Å². The van der Waals surface area contributed by atoms with Gasteiger partial charge >= 0.3 is 0 Å². The maximum atomic E-state index is 6.59. The quantitative estimate of drug-likeness (QED) is 0.172. The highest BCUT2D eigenvalue weighted by molar-refractivity contribution is 5.99. The number of oxazole rings is 1. The van der Waals surface area contributed by atoms with Crippen molar-refractivity contribution in [3.05, 3.63) is 188 Å². The van der Waals surface area contributed by atoms with Crippen LogP contribution in [0.4, 0.5) is 34.1 Å². The Morgan fingerprint density at radius 1 is 0.362 bits per heavy atom. The second-order valence-electron chi connectivity index (χ2n) is 11.3. The summed E-state index contributed by atoms with van der Waals surface area (Å²) < 4.78 is 6.59. The van der Waals surface area contributed by atoms with E-state index in [0.717, 1.165) is 45.2 Å². The lowest BCUT2D eigenvalue weighted by molar-refractivity contribution is 0.620. The molecular weight excluding hydrogens is 574 g/mol. The summed E-state index contributed by atoms with van der Waals surface area (Å²) in [6.45, 7) is 0. The summed E-state index contributed by atoms with van der Waals surface area (Å²) in [4.78, 5) is 9.65. The topological polar surface area (TPSA) is 32.5 Å². The Hall–Kier alpha value is -6.39. The van der Waals surface area contributed by atoms with E-state index in [0.29, 0.717) is 11.5 Å². The van der Waals surface area contributed by atoms with Crippen LogP contribution < -0.4 is 9.80 Å². The first-order valence-corrected chi connectivity index (χ1v) is 15.7. The average Bonchev–Trinajstić information content (AvgIpc) is 3.59. The molecule has 0 N–H and O–H groups in total. The van der Waals surface area contributed by atoms with Gasteiger partial charge in [-0.3, -0.25) is 0 Å². The summed E-state index contributed by atoms with van der Waals surface area (Å²) in [5.41, 5.74) is 10.8. The molecule has 0 amide bonds. The molecule has 4 nitrogen and oxygen atoms in total. The van der Waals surface area contributed by atoms with Crippen LogP contribution in [0.5, 0.6) is 0 Å². The SMILES string of the molecule is c1ccc(-c2ccc(N(c3ccccc3)c3cc(N(c4ccccc4)c4ccccc4)c4nc(-c5ccccc5)oc4c3)cc2)cc1. The molecule has 47 heavy (non-hydrogen) atoms. The third-order valence-corrected chi connectivity index (χ3v) is 8.26. The van der Waals surface area contributed by atoms with Crippen LogP contribution in [0.3, 0.4) is 0 Å². The molecule has 8 aromatic rings. The maximum Gasteiger partial charge on any atom is 0.227 e. The van der Waals surface area contributed by atoms with Crippen molar-refractivity contribution >= 4 is 45.2 Å². The molecular formula is C43H31N3O. The molecule has 0 aliphatic rings. The monoisotopic (exact) mass is 605 g/mol. The van der Waals surface area contributed by atoms with E-state index < -0.39 is 0 Å². The van der Waals surface area contributed by atoms with Crippen molar-refractivity contribution in [3.63, 3.8) is 0 Å². The Bertz CT molecular complexity index is 2180. The first-order valence-electron chi connectivity index (χ1n) is 15.7. The summed E-state index contributed by atoms with van der Waals surface area (Å²) in [6, 6.07) is 64.9. The fourth-order valence-electron chi connectivity index (χ4n) is 6.04. The third-order valence-electron chi connectivity index (χ3n) is 8.26. The van der Waals surface area contributed by atoms with Crippen LogP contribution in [0.2, 0.25) is 0 Å². The van der Waals surface area contributed by atoms with Gasteiger partial charge in [-0.2, -0.15) is 0 Å². The summed E-state index contributed by atoms with van der Waals surface area (Å²) in [7, 11) is 0. The van der Waals surface area contributed by atoms with Crippen molar-refractivity contribution in [1.29, 1.82) is 0 Å². The van der Waals surface area contributed by atoms with Crippen molar-refractivity contribution in [2.45, 2.75) is 0 Å². The van der Waals surface area contributed by atoms with E-state index in [1.165, 1.54) is 11.1 Å². The minimum Gasteiger partial charge on any atom is -0.436 e. The maximum absolute atomic E-state index is 6.59. The van der Waals surface area contributed by atoms with Crippen LogP contribution in [-0.4, -0.2) is 4.98 Å². The van der Waals surface area contributed by atoms with E-state index in [-0.39, 0.29) is 0 Å². The van der Waals surface area contributed by atoms with Gasteiger partial charge in [0.1, 0.15) is 5.52 Å². The van der Waals surface area contributed by atoms with Crippen LogP contribution in [0.1, 0.15) is 0 Å². The van der Waals surface area contributed by atoms with Crippen molar-refractivity contribution < 1.29 is 4.42 Å². The van der Waals surface area contributed by atoms with Gasteiger partial charge in [-0.15, -0.1) is 0 Å².